The molecule has 0 heterocycles. The summed E-state index contributed by atoms with van der Waals surface area (Å²) in [7, 11) is 0. The second kappa shape index (κ2) is 3.59. The van der Waals surface area contributed by atoms with Crippen molar-refractivity contribution in [3.63, 3.8) is 0 Å². The minimum absolute atomic E-state index is 0.00736. The van der Waals surface area contributed by atoms with Crippen molar-refractivity contribution in [1.29, 1.82) is 0 Å². The van der Waals surface area contributed by atoms with E-state index in [0.717, 1.165) is 17.5 Å². The maximum absolute atomic E-state index is 9.48. The summed E-state index contributed by atoms with van der Waals surface area (Å²) in [6, 6.07) is 5.48. The highest BCUT2D eigenvalue weighted by molar-refractivity contribution is 5.40. The van der Waals surface area contributed by atoms with Crippen LogP contribution in [0.2, 0.25) is 0 Å². The average Bonchev–Trinajstić information content (AvgIpc) is 2.03. The van der Waals surface area contributed by atoms with Gasteiger partial charge in [0.1, 0.15) is 5.75 Å². The molecule has 1 aromatic carbocycles. The molecule has 0 aliphatic heterocycles. The van der Waals surface area contributed by atoms with E-state index < -0.39 is 0 Å². The minimum Gasteiger partial charge on any atom is -0.508 e. The lowest BCUT2D eigenvalue weighted by atomic mass is 9.99. The summed E-state index contributed by atoms with van der Waals surface area (Å²) in [5, 5.41) is 9.48. The van der Waals surface area contributed by atoms with Gasteiger partial charge < -0.3 is 10.8 Å². The van der Waals surface area contributed by atoms with Gasteiger partial charge in [-0.05, 0) is 30.5 Å². The Labute approximate surface area is 73.0 Å². The monoisotopic (exact) mass is 165 g/mol. The highest BCUT2D eigenvalue weighted by Crippen LogP contribution is 2.24. The van der Waals surface area contributed by atoms with Gasteiger partial charge in [0, 0.05) is 6.04 Å². The van der Waals surface area contributed by atoms with E-state index in [2.05, 4.69) is 0 Å². The number of phenolic OH excluding ortho intramolecular Hbond substituents is 1. The maximum atomic E-state index is 9.48. The maximum Gasteiger partial charge on any atom is 0.119 e. The number of hydrogen-bond acceptors (Lipinski definition) is 2. The van der Waals surface area contributed by atoms with Crippen LogP contribution in [0.15, 0.2) is 18.2 Å². The van der Waals surface area contributed by atoms with E-state index in [1.165, 1.54) is 0 Å². The summed E-state index contributed by atoms with van der Waals surface area (Å²) in [5.74, 6) is 0.354. The SMILES string of the molecule is CCc1c(O)cccc1[C@@H](C)N. The van der Waals surface area contributed by atoms with Crippen LogP contribution >= 0.6 is 0 Å². The van der Waals surface area contributed by atoms with Gasteiger partial charge in [0.2, 0.25) is 0 Å². The second-order valence-corrected chi connectivity index (χ2v) is 2.99. The van der Waals surface area contributed by atoms with E-state index in [-0.39, 0.29) is 6.04 Å². The largest absolute Gasteiger partial charge is 0.508 e. The standard InChI is InChI=1S/C10H15NO/c1-3-8-9(7(2)11)5-4-6-10(8)12/h4-7,12H,3,11H2,1-2H3/t7-/m1/s1. The molecule has 3 N–H and O–H groups in total. The number of hydrogen-bond donors (Lipinski definition) is 2. The van der Waals surface area contributed by atoms with Gasteiger partial charge in [-0.2, -0.15) is 0 Å². The van der Waals surface area contributed by atoms with E-state index in [4.69, 9.17) is 5.73 Å². The van der Waals surface area contributed by atoms with Crippen LogP contribution in [0.5, 0.6) is 5.75 Å². The van der Waals surface area contributed by atoms with E-state index >= 15 is 0 Å². The van der Waals surface area contributed by atoms with Crippen LogP contribution in [-0.4, -0.2) is 5.11 Å². The third-order valence-corrected chi connectivity index (χ3v) is 2.03. The molecule has 0 saturated carbocycles. The Morgan fingerprint density at radius 1 is 1.50 bits per heavy atom. The molecule has 0 unspecified atom stereocenters. The Morgan fingerprint density at radius 2 is 2.17 bits per heavy atom. The van der Waals surface area contributed by atoms with Crippen molar-refractivity contribution >= 4 is 0 Å². The van der Waals surface area contributed by atoms with Crippen molar-refractivity contribution in [1.82, 2.24) is 0 Å². The Morgan fingerprint density at radius 3 is 2.58 bits per heavy atom. The van der Waals surface area contributed by atoms with Crippen LogP contribution in [0.1, 0.15) is 31.0 Å². The molecule has 1 atom stereocenters. The van der Waals surface area contributed by atoms with Crippen molar-refractivity contribution in [2.75, 3.05) is 0 Å². The van der Waals surface area contributed by atoms with Crippen LogP contribution in [0, 0.1) is 0 Å². The molecule has 2 nitrogen and oxygen atoms in total. The fourth-order valence-corrected chi connectivity index (χ4v) is 1.40. The van der Waals surface area contributed by atoms with Gasteiger partial charge in [0.15, 0.2) is 0 Å². The third kappa shape index (κ3) is 1.59. The molecule has 12 heavy (non-hydrogen) atoms. The molecule has 0 saturated heterocycles. The molecule has 2 heteroatoms. The lowest BCUT2D eigenvalue weighted by Gasteiger charge is -2.12. The van der Waals surface area contributed by atoms with Gasteiger partial charge >= 0.3 is 0 Å². The molecule has 0 spiro atoms. The van der Waals surface area contributed by atoms with Crippen molar-refractivity contribution < 1.29 is 5.11 Å². The van der Waals surface area contributed by atoms with Crippen LogP contribution in [0.3, 0.4) is 0 Å². The molecule has 1 aromatic rings. The normalized spacial score (nSPS) is 12.9. The molecule has 0 fully saturated rings. The zero-order valence-corrected chi connectivity index (χ0v) is 7.54. The first-order valence-corrected chi connectivity index (χ1v) is 4.23. The highest BCUT2D eigenvalue weighted by atomic mass is 16.3. The average molecular weight is 165 g/mol. The van der Waals surface area contributed by atoms with E-state index in [9.17, 15) is 5.11 Å². The fourth-order valence-electron chi connectivity index (χ4n) is 1.40. The predicted octanol–water partition coefficient (Wildman–Crippen LogP) is 1.97. The van der Waals surface area contributed by atoms with Crippen LogP contribution in [0.4, 0.5) is 0 Å². The Bertz CT molecular complexity index is 269. The van der Waals surface area contributed by atoms with Crippen LogP contribution in [-0.2, 0) is 6.42 Å². The molecule has 1 rings (SSSR count). The Balaban J connectivity index is 3.18. The van der Waals surface area contributed by atoms with Crippen molar-refractivity contribution in [2.45, 2.75) is 26.3 Å². The van der Waals surface area contributed by atoms with Crippen molar-refractivity contribution in [3.05, 3.63) is 29.3 Å². The van der Waals surface area contributed by atoms with Crippen LogP contribution < -0.4 is 5.73 Å². The number of nitrogens with two attached hydrogens (primary N) is 1. The molecule has 0 bridgehead atoms. The first-order valence-electron chi connectivity index (χ1n) is 4.23. The zero-order valence-electron chi connectivity index (χ0n) is 7.54. The number of rotatable bonds is 2. The molecule has 0 aliphatic rings. The fraction of sp³-hybridized carbons (Fsp3) is 0.400. The molecule has 0 aliphatic carbocycles. The summed E-state index contributed by atoms with van der Waals surface area (Å²) in [5.41, 5.74) is 7.75. The first-order chi connectivity index (χ1) is 5.66. The molecule has 0 radical (unpaired) electrons. The summed E-state index contributed by atoms with van der Waals surface area (Å²) in [6.45, 7) is 3.94. The van der Waals surface area contributed by atoms with E-state index in [1.54, 1.807) is 6.07 Å². The van der Waals surface area contributed by atoms with Crippen LogP contribution in [0.25, 0.3) is 0 Å². The number of benzene rings is 1. The number of aromatic hydroxyl groups is 1. The third-order valence-electron chi connectivity index (χ3n) is 2.03. The van der Waals surface area contributed by atoms with Gasteiger partial charge in [-0.25, -0.2) is 0 Å². The van der Waals surface area contributed by atoms with Crippen molar-refractivity contribution in [2.24, 2.45) is 5.73 Å². The van der Waals surface area contributed by atoms with Gasteiger partial charge in [0.05, 0.1) is 0 Å². The highest BCUT2D eigenvalue weighted by Gasteiger charge is 2.07. The van der Waals surface area contributed by atoms with Crippen molar-refractivity contribution in [3.8, 4) is 5.75 Å². The minimum atomic E-state index is -0.00736. The summed E-state index contributed by atoms with van der Waals surface area (Å²) in [6.07, 6.45) is 0.823. The smallest absolute Gasteiger partial charge is 0.119 e. The first kappa shape index (κ1) is 9.07. The summed E-state index contributed by atoms with van der Waals surface area (Å²) < 4.78 is 0. The topological polar surface area (TPSA) is 46.2 Å². The molecule has 0 aromatic heterocycles. The quantitative estimate of drug-likeness (QED) is 0.703. The van der Waals surface area contributed by atoms with E-state index in [1.807, 2.05) is 26.0 Å². The molecule has 66 valence electrons. The lowest BCUT2D eigenvalue weighted by molar-refractivity contribution is 0.467. The number of phenols is 1. The molecular formula is C10H15NO. The predicted molar refractivity (Wildman–Crippen MR) is 50.1 cm³/mol. The Hall–Kier alpha value is -1.02. The Kier molecular flexibility index (Phi) is 2.71. The lowest BCUT2D eigenvalue weighted by Crippen LogP contribution is -2.07. The molecular weight excluding hydrogens is 150 g/mol. The second-order valence-electron chi connectivity index (χ2n) is 2.99. The summed E-state index contributed by atoms with van der Waals surface area (Å²) >= 11 is 0. The zero-order chi connectivity index (χ0) is 9.14. The van der Waals surface area contributed by atoms with Gasteiger partial charge in [-0.3, -0.25) is 0 Å². The van der Waals surface area contributed by atoms with Gasteiger partial charge in [-0.15, -0.1) is 0 Å². The summed E-state index contributed by atoms with van der Waals surface area (Å²) in [4.78, 5) is 0. The van der Waals surface area contributed by atoms with Gasteiger partial charge in [0.25, 0.3) is 0 Å². The molecule has 0 amide bonds. The van der Waals surface area contributed by atoms with E-state index in [0.29, 0.717) is 5.75 Å². The van der Waals surface area contributed by atoms with Gasteiger partial charge in [-0.1, -0.05) is 19.1 Å².